The van der Waals surface area contributed by atoms with Crippen molar-refractivity contribution in [1.82, 2.24) is 19.8 Å². The lowest BCUT2D eigenvalue weighted by molar-refractivity contribution is 0.116. The third-order valence-electron chi connectivity index (χ3n) is 4.15. The fourth-order valence-electron chi connectivity index (χ4n) is 2.87. The molecule has 0 unspecified atom stereocenters. The predicted molar refractivity (Wildman–Crippen MR) is 81.2 cm³/mol. The first-order valence-electron chi connectivity index (χ1n) is 7.62. The fraction of sp³-hybridized carbons (Fsp3) is 0.733. The molecule has 1 fully saturated rings. The lowest BCUT2D eigenvalue weighted by Gasteiger charge is -2.36. The zero-order valence-corrected chi connectivity index (χ0v) is 13.0. The number of hydrogen-bond acceptors (Lipinski definition) is 6. The van der Waals surface area contributed by atoms with Crippen molar-refractivity contribution in [3.8, 4) is 5.88 Å². The van der Waals surface area contributed by atoms with Crippen LogP contribution >= 0.6 is 0 Å². The van der Waals surface area contributed by atoms with Gasteiger partial charge in [0.2, 0.25) is 5.88 Å². The van der Waals surface area contributed by atoms with Gasteiger partial charge in [-0.1, -0.05) is 0 Å². The van der Waals surface area contributed by atoms with Crippen LogP contribution in [0.25, 0.3) is 0 Å². The van der Waals surface area contributed by atoms with Crippen LogP contribution in [0.5, 0.6) is 5.88 Å². The van der Waals surface area contributed by atoms with E-state index in [0.717, 1.165) is 51.1 Å². The van der Waals surface area contributed by atoms with Gasteiger partial charge in [-0.15, -0.1) is 0 Å². The summed E-state index contributed by atoms with van der Waals surface area (Å²) in [6.07, 6.45) is 6.54. The predicted octanol–water partition coefficient (Wildman–Crippen LogP) is 0.764. The molecule has 1 saturated heterocycles. The summed E-state index contributed by atoms with van der Waals surface area (Å²) in [7, 11) is 3.79. The standard InChI is InChI=1S/C15H26N4O2/c1-18(8-3-11-20)13-4-9-19(10-5-13)12-14-15(21-2)17-7-6-16-14/h6-7,13,20H,3-5,8-12H2,1-2H3. The number of aliphatic hydroxyl groups excluding tert-OH is 1. The molecule has 21 heavy (non-hydrogen) atoms. The molecule has 118 valence electrons. The van der Waals surface area contributed by atoms with Gasteiger partial charge in [-0.05, 0) is 26.3 Å². The Balaban J connectivity index is 1.81. The lowest BCUT2D eigenvalue weighted by Crippen LogP contribution is -2.43. The Labute approximate surface area is 126 Å². The Morgan fingerprint density at radius 2 is 2.05 bits per heavy atom. The van der Waals surface area contributed by atoms with Crippen molar-refractivity contribution < 1.29 is 9.84 Å². The van der Waals surface area contributed by atoms with Gasteiger partial charge in [0.1, 0.15) is 5.69 Å². The highest BCUT2D eigenvalue weighted by Crippen LogP contribution is 2.19. The molecule has 0 spiro atoms. The second-order valence-electron chi connectivity index (χ2n) is 5.58. The Bertz CT molecular complexity index is 422. The van der Waals surface area contributed by atoms with Crippen LogP contribution in [-0.4, -0.2) is 71.3 Å². The summed E-state index contributed by atoms with van der Waals surface area (Å²) < 4.78 is 5.26. The summed E-state index contributed by atoms with van der Waals surface area (Å²) in [5, 5.41) is 8.91. The number of aromatic nitrogens is 2. The van der Waals surface area contributed by atoms with Crippen LogP contribution in [0, 0.1) is 0 Å². The van der Waals surface area contributed by atoms with Crippen LogP contribution in [0.4, 0.5) is 0 Å². The Hall–Kier alpha value is -1.24. The van der Waals surface area contributed by atoms with Crippen molar-refractivity contribution in [2.45, 2.75) is 31.8 Å². The molecule has 2 heterocycles. The number of ether oxygens (including phenoxy) is 1. The molecule has 1 N–H and O–H groups in total. The summed E-state index contributed by atoms with van der Waals surface area (Å²) in [6, 6.07) is 0.622. The molecule has 6 heteroatoms. The van der Waals surface area contributed by atoms with Crippen molar-refractivity contribution >= 4 is 0 Å². The second-order valence-corrected chi connectivity index (χ2v) is 5.58. The molecule has 0 aliphatic carbocycles. The molecule has 0 bridgehead atoms. The highest BCUT2D eigenvalue weighted by atomic mass is 16.5. The Morgan fingerprint density at radius 3 is 2.71 bits per heavy atom. The largest absolute Gasteiger partial charge is 0.480 e. The van der Waals surface area contributed by atoms with Gasteiger partial charge in [-0.2, -0.15) is 0 Å². The first-order valence-corrected chi connectivity index (χ1v) is 7.62. The summed E-state index contributed by atoms with van der Waals surface area (Å²) in [6.45, 7) is 4.17. The zero-order chi connectivity index (χ0) is 15.1. The molecular formula is C15H26N4O2. The quantitative estimate of drug-likeness (QED) is 0.801. The Kier molecular flexibility index (Phi) is 6.35. The molecule has 0 amide bonds. The Morgan fingerprint density at radius 1 is 1.33 bits per heavy atom. The average molecular weight is 294 g/mol. The van der Waals surface area contributed by atoms with Crippen LogP contribution in [0.2, 0.25) is 0 Å². The zero-order valence-electron chi connectivity index (χ0n) is 13.0. The van der Waals surface area contributed by atoms with Crippen molar-refractivity contribution in [1.29, 1.82) is 0 Å². The first-order chi connectivity index (χ1) is 10.2. The van der Waals surface area contributed by atoms with E-state index in [4.69, 9.17) is 9.84 Å². The van der Waals surface area contributed by atoms with E-state index in [1.807, 2.05) is 0 Å². The fourth-order valence-corrected chi connectivity index (χ4v) is 2.87. The minimum absolute atomic E-state index is 0.273. The number of hydrogen-bond donors (Lipinski definition) is 1. The molecule has 0 aromatic carbocycles. The summed E-state index contributed by atoms with van der Waals surface area (Å²) in [5.74, 6) is 0.625. The number of piperidine rings is 1. The third-order valence-corrected chi connectivity index (χ3v) is 4.15. The van der Waals surface area contributed by atoms with Crippen molar-refractivity contribution in [3.05, 3.63) is 18.1 Å². The maximum Gasteiger partial charge on any atom is 0.236 e. The number of methoxy groups -OCH3 is 1. The van der Waals surface area contributed by atoms with Crippen LogP contribution < -0.4 is 4.74 Å². The van der Waals surface area contributed by atoms with Gasteiger partial charge in [0.25, 0.3) is 0 Å². The monoisotopic (exact) mass is 294 g/mol. The van der Waals surface area contributed by atoms with Gasteiger partial charge in [-0.3, -0.25) is 9.88 Å². The van der Waals surface area contributed by atoms with E-state index in [-0.39, 0.29) is 6.61 Å². The van der Waals surface area contributed by atoms with Crippen LogP contribution in [0.1, 0.15) is 25.0 Å². The van der Waals surface area contributed by atoms with Crippen LogP contribution in [-0.2, 0) is 6.54 Å². The average Bonchev–Trinajstić information content (AvgIpc) is 2.54. The highest BCUT2D eigenvalue weighted by Gasteiger charge is 2.23. The maximum atomic E-state index is 8.91. The number of rotatable bonds is 7. The molecule has 1 aliphatic heterocycles. The number of likely N-dealkylation sites (tertiary alicyclic amines) is 1. The minimum Gasteiger partial charge on any atom is -0.480 e. The van der Waals surface area contributed by atoms with Gasteiger partial charge >= 0.3 is 0 Å². The molecule has 0 atom stereocenters. The van der Waals surface area contributed by atoms with Crippen LogP contribution in [0.15, 0.2) is 12.4 Å². The van der Waals surface area contributed by atoms with Gasteiger partial charge in [0.05, 0.1) is 7.11 Å². The van der Waals surface area contributed by atoms with E-state index in [1.165, 1.54) is 0 Å². The number of aliphatic hydroxyl groups is 1. The van der Waals surface area contributed by atoms with Gasteiger partial charge < -0.3 is 14.7 Å². The van der Waals surface area contributed by atoms with E-state index in [0.29, 0.717) is 11.9 Å². The molecule has 2 rings (SSSR count). The van der Waals surface area contributed by atoms with E-state index in [9.17, 15) is 0 Å². The van der Waals surface area contributed by atoms with Gasteiger partial charge in [-0.25, -0.2) is 4.98 Å². The SMILES string of the molecule is COc1nccnc1CN1CCC(N(C)CCCO)CC1. The molecule has 1 aliphatic rings. The molecular weight excluding hydrogens is 268 g/mol. The topological polar surface area (TPSA) is 61.7 Å². The second kappa shape index (κ2) is 8.26. The normalized spacial score (nSPS) is 17.3. The molecule has 1 aromatic heterocycles. The molecule has 6 nitrogen and oxygen atoms in total. The van der Waals surface area contributed by atoms with Gasteiger partial charge in [0.15, 0.2) is 0 Å². The molecule has 1 aromatic rings. The smallest absolute Gasteiger partial charge is 0.236 e. The molecule has 0 radical (unpaired) electrons. The summed E-state index contributed by atoms with van der Waals surface area (Å²) in [4.78, 5) is 13.3. The lowest BCUT2D eigenvalue weighted by atomic mass is 10.0. The van der Waals surface area contributed by atoms with Crippen molar-refractivity contribution in [2.24, 2.45) is 0 Å². The van der Waals surface area contributed by atoms with E-state index in [2.05, 4.69) is 26.8 Å². The summed E-state index contributed by atoms with van der Waals surface area (Å²) in [5.41, 5.74) is 0.909. The van der Waals surface area contributed by atoms with E-state index in [1.54, 1.807) is 19.5 Å². The maximum absolute atomic E-state index is 8.91. The van der Waals surface area contributed by atoms with Crippen molar-refractivity contribution in [3.63, 3.8) is 0 Å². The summed E-state index contributed by atoms with van der Waals surface area (Å²) >= 11 is 0. The minimum atomic E-state index is 0.273. The van der Waals surface area contributed by atoms with Crippen molar-refractivity contribution in [2.75, 3.05) is 40.4 Å². The van der Waals surface area contributed by atoms with Crippen LogP contribution in [0.3, 0.4) is 0 Å². The first kappa shape index (κ1) is 16.1. The van der Waals surface area contributed by atoms with Gasteiger partial charge in [0, 0.05) is 51.2 Å². The third kappa shape index (κ3) is 4.62. The van der Waals surface area contributed by atoms with E-state index < -0.39 is 0 Å². The number of nitrogens with zero attached hydrogens (tertiary/aromatic N) is 4. The highest BCUT2D eigenvalue weighted by molar-refractivity contribution is 5.16. The molecule has 0 saturated carbocycles. The van der Waals surface area contributed by atoms with E-state index >= 15 is 0 Å².